The molecule has 1 atom stereocenters. The van der Waals surface area contributed by atoms with E-state index >= 15 is 0 Å². The zero-order chi connectivity index (χ0) is 15.7. The number of rotatable bonds is 3. The second-order valence-corrected chi connectivity index (χ2v) is 4.86. The fourth-order valence-corrected chi connectivity index (χ4v) is 2.21. The molecule has 8 heteroatoms. The van der Waals surface area contributed by atoms with Crippen molar-refractivity contribution >= 4 is 34.7 Å². The SMILES string of the molecule is Cc1nc(NC2=NC(CC(=O)O)C(=O)N2)nc2ccccc12. The van der Waals surface area contributed by atoms with Gasteiger partial charge in [0.2, 0.25) is 11.9 Å². The van der Waals surface area contributed by atoms with Crippen molar-refractivity contribution in [1.29, 1.82) is 0 Å². The van der Waals surface area contributed by atoms with Crippen molar-refractivity contribution in [1.82, 2.24) is 15.3 Å². The van der Waals surface area contributed by atoms with Gasteiger partial charge in [0.1, 0.15) is 6.04 Å². The number of carboxylic acids is 1. The molecule has 3 rings (SSSR count). The first-order valence-corrected chi connectivity index (χ1v) is 6.64. The van der Waals surface area contributed by atoms with Crippen LogP contribution in [-0.4, -0.2) is 39.0 Å². The Balaban J connectivity index is 1.84. The number of aromatic nitrogens is 2. The first kappa shape index (κ1) is 13.9. The fourth-order valence-electron chi connectivity index (χ4n) is 2.21. The van der Waals surface area contributed by atoms with Crippen LogP contribution in [0.1, 0.15) is 12.1 Å². The van der Waals surface area contributed by atoms with Gasteiger partial charge >= 0.3 is 5.97 Å². The van der Waals surface area contributed by atoms with Crippen molar-refractivity contribution in [2.45, 2.75) is 19.4 Å². The molecule has 0 aliphatic carbocycles. The van der Waals surface area contributed by atoms with Crippen molar-refractivity contribution in [3.63, 3.8) is 0 Å². The number of nitrogens with one attached hydrogen (secondary N) is 2. The fraction of sp³-hybridized carbons (Fsp3) is 0.214. The molecule has 2 aromatic rings. The van der Waals surface area contributed by atoms with Crippen LogP contribution in [0.15, 0.2) is 29.3 Å². The highest BCUT2D eigenvalue weighted by Gasteiger charge is 2.28. The number of benzene rings is 1. The van der Waals surface area contributed by atoms with Gasteiger partial charge in [0.05, 0.1) is 17.6 Å². The van der Waals surface area contributed by atoms with Gasteiger partial charge in [-0.2, -0.15) is 0 Å². The number of hydrogen-bond acceptors (Lipinski definition) is 6. The molecule has 1 aliphatic rings. The summed E-state index contributed by atoms with van der Waals surface area (Å²) < 4.78 is 0. The summed E-state index contributed by atoms with van der Waals surface area (Å²) in [6, 6.07) is 6.63. The largest absolute Gasteiger partial charge is 0.481 e. The summed E-state index contributed by atoms with van der Waals surface area (Å²) in [7, 11) is 0. The molecule has 1 aliphatic heterocycles. The highest BCUT2D eigenvalue weighted by Crippen LogP contribution is 2.17. The minimum Gasteiger partial charge on any atom is -0.481 e. The number of fused-ring (bicyclic) bond motifs is 1. The number of carboxylic acid groups (broad SMARTS) is 1. The number of aliphatic carboxylic acids is 1. The molecule has 0 spiro atoms. The van der Waals surface area contributed by atoms with Crippen LogP contribution in [0.5, 0.6) is 0 Å². The highest BCUT2D eigenvalue weighted by atomic mass is 16.4. The first-order chi connectivity index (χ1) is 10.5. The number of para-hydroxylation sites is 1. The van der Waals surface area contributed by atoms with E-state index in [0.29, 0.717) is 5.95 Å². The Morgan fingerprint density at radius 2 is 2.14 bits per heavy atom. The molecule has 22 heavy (non-hydrogen) atoms. The van der Waals surface area contributed by atoms with E-state index in [9.17, 15) is 9.59 Å². The van der Waals surface area contributed by atoms with Gasteiger partial charge in [-0.15, -0.1) is 0 Å². The van der Waals surface area contributed by atoms with Crippen molar-refractivity contribution in [3.8, 4) is 0 Å². The van der Waals surface area contributed by atoms with Crippen LogP contribution < -0.4 is 10.6 Å². The number of aryl methyl sites for hydroxylation is 1. The molecule has 0 fully saturated rings. The van der Waals surface area contributed by atoms with Gasteiger partial charge in [-0.1, -0.05) is 18.2 Å². The molecule has 0 saturated carbocycles. The van der Waals surface area contributed by atoms with Gasteiger partial charge in [0, 0.05) is 5.39 Å². The number of carbonyl (C=O) groups is 2. The van der Waals surface area contributed by atoms with E-state index in [1.54, 1.807) is 0 Å². The van der Waals surface area contributed by atoms with Crippen molar-refractivity contribution in [3.05, 3.63) is 30.0 Å². The standard InChI is InChI=1S/C14H13N5O3/c1-7-8-4-2-3-5-9(8)16-13(15-7)19-14-17-10(6-11(20)21)12(22)18-14/h2-5,10H,6H2,1H3,(H,20,21)(H2,15,16,17,18,19,22). The van der Waals surface area contributed by atoms with E-state index in [1.807, 2.05) is 31.2 Å². The second kappa shape index (κ2) is 5.40. The second-order valence-electron chi connectivity index (χ2n) is 4.86. The normalized spacial score (nSPS) is 17.2. The minimum atomic E-state index is -1.08. The molecule has 0 radical (unpaired) electrons. The summed E-state index contributed by atoms with van der Waals surface area (Å²) in [4.78, 5) is 34.9. The van der Waals surface area contributed by atoms with Crippen LogP contribution in [0, 0.1) is 6.92 Å². The first-order valence-electron chi connectivity index (χ1n) is 6.64. The van der Waals surface area contributed by atoms with Crippen LogP contribution in [0.2, 0.25) is 0 Å². The van der Waals surface area contributed by atoms with Gasteiger partial charge in [-0.3, -0.25) is 20.2 Å². The Bertz CT molecular complexity index is 802. The predicted molar refractivity (Wildman–Crippen MR) is 79.5 cm³/mol. The lowest BCUT2D eigenvalue weighted by Crippen LogP contribution is -2.33. The Morgan fingerprint density at radius 3 is 2.91 bits per heavy atom. The monoisotopic (exact) mass is 299 g/mol. The Labute approximate surface area is 125 Å². The van der Waals surface area contributed by atoms with Crippen molar-refractivity contribution < 1.29 is 14.7 Å². The van der Waals surface area contributed by atoms with Crippen LogP contribution in [0.25, 0.3) is 10.9 Å². The molecular weight excluding hydrogens is 286 g/mol. The average Bonchev–Trinajstić information content (AvgIpc) is 2.78. The van der Waals surface area contributed by atoms with Gasteiger partial charge in [0.15, 0.2) is 0 Å². The number of amides is 1. The number of guanidine groups is 1. The molecular formula is C14H13N5O3. The molecule has 2 heterocycles. The van der Waals surface area contributed by atoms with Crippen molar-refractivity contribution in [2.24, 2.45) is 4.99 Å². The average molecular weight is 299 g/mol. The summed E-state index contributed by atoms with van der Waals surface area (Å²) >= 11 is 0. The molecule has 1 aromatic carbocycles. The van der Waals surface area contributed by atoms with E-state index in [0.717, 1.165) is 16.6 Å². The lowest BCUT2D eigenvalue weighted by atomic mass is 10.2. The summed E-state index contributed by atoms with van der Waals surface area (Å²) in [5.74, 6) is -1.08. The maximum atomic E-state index is 11.6. The van der Waals surface area contributed by atoms with Gasteiger partial charge in [0.25, 0.3) is 5.91 Å². The smallest absolute Gasteiger partial charge is 0.306 e. The molecule has 112 valence electrons. The van der Waals surface area contributed by atoms with E-state index < -0.39 is 17.9 Å². The maximum Gasteiger partial charge on any atom is 0.306 e. The third kappa shape index (κ3) is 2.71. The Hall–Kier alpha value is -3.03. The zero-order valence-corrected chi connectivity index (χ0v) is 11.7. The number of carbonyl (C=O) groups excluding carboxylic acids is 1. The number of aliphatic imine (C=N–C) groups is 1. The topological polar surface area (TPSA) is 117 Å². The highest BCUT2D eigenvalue weighted by molar-refractivity contribution is 6.10. The summed E-state index contributed by atoms with van der Waals surface area (Å²) in [5, 5.41) is 15.0. The molecule has 1 amide bonds. The lowest BCUT2D eigenvalue weighted by Gasteiger charge is -2.07. The van der Waals surface area contributed by atoms with Gasteiger partial charge in [-0.25, -0.2) is 15.0 Å². The van der Waals surface area contributed by atoms with Crippen LogP contribution in [0.3, 0.4) is 0 Å². The van der Waals surface area contributed by atoms with Gasteiger partial charge < -0.3 is 5.11 Å². The predicted octanol–water partition coefficient (Wildman–Crippen LogP) is 0.679. The summed E-state index contributed by atoms with van der Waals surface area (Å²) in [5.41, 5.74) is 1.56. The quantitative estimate of drug-likeness (QED) is 0.767. The maximum absolute atomic E-state index is 11.6. The molecule has 8 nitrogen and oxygen atoms in total. The zero-order valence-electron chi connectivity index (χ0n) is 11.7. The molecule has 0 saturated heterocycles. The van der Waals surface area contributed by atoms with E-state index in [-0.39, 0.29) is 12.4 Å². The third-order valence-corrected chi connectivity index (χ3v) is 3.22. The molecule has 3 N–H and O–H groups in total. The van der Waals surface area contributed by atoms with E-state index in [1.165, 1.54) is 0 Å². The Morgan fingerprint density at radius 1 is 1.36 bits per heavy atom. The number of anilines is 1. The Kier molecular flexibility index (Phi) is 3.42. The number of nitrogens with zero attached hydrogens (tertiary/aromatic N) is 3. The van der Waals surface area contributed by atoms with Gasteiger partial charge in [-0.05, 0) is 13.0 Å². The summed E-state index contributed by atoms with van der Waals surface area (Å²) in [6.45, 7) is 1.86. The van der Waals surface area contributed by atoms with Crippen molar-refractivity contribution in [2.75, 3.05) is 5.32 Å². The van der Waals surface area contributed by atoms with Crippen LogP contribution in [-0.2, 0) is 9.59 Å². The van der Waals surface area contributed by atoms with Crippen LogP contribution >= 0.6 is 0 Å². The van der Waals surface area contributed by atoms with Crippen LogP contribution in [0.4, 0.5) is 5.95 Å². The number of hydrogen-bond donors (Lipinski definition) is 3. The summed E-state index contributed by atoms with van der Waals surface area (Å²) in [6.07, 6.45) is -0.353. The molecule has 0 bridgehead atoms. The minimum absolute atomic E-state index is 0.158. The lowest BCUT2D eigenvalue weighted by molar-refractivity contribution is -0.139. The third-order valence-electron chi connectivity index (χ3n) is 3.22. The molecule has 1 aromatic heterocycles. The molecule has 1 unspecified atom stereocenters. The van der Waals surface area contributed by atoms with E-state index in [4.69, 9.17) is 5.11 Å². The van der Waals surface area contributed by atoms with E-state index in [2.05, 4.69) is 25.6 Å².